The highest BCUT2D eigenvalue weighted by atomic mass is 16.1. The van der Waals surface area contributed by atoms with E-state index in [0.717, 1.165) is 47.8 Å². The van der Waals surface area contributed by atoms with Crippen LogP contribution in [0, 0.1) is 57.7 Å². The topological polar surface area (TPSA) is 17.1 Å². The van der Waals surface area contributed by atoms with Gasteiger partial charge in [0.2, 0.25) is 0 Å². The summed E-state index contributed by atoms with van der Waals surface area (Å²) in [5.74, 6) is 7.12. The maximum atomic E-state index is 12.5. The van der Waals surface area contributed by atoms with Crippen molar-refractivity contribution in [3.63, 3.8) is 0 Å². The van der Waals surface area contributed by atoms with Gasteiger partial charge >= 0.3 is 0 Å². The molecule has 1 nitrogen and oxygen atoms in total. The molecule has 1 heteroatoms. The van der Waals surface area contributed by atoms with Gasteiger partial charge in [-0.25, -0.2) is 0 Å². The third-order valence-corrected chi connectivity index (χ3v) is 12.5. The van der Waals surface area contributed by atoms with Gasteiger partial charge in [0.15, 0.2) is 0 Å². The summed E-state index contributed by atoms with van der Waals surface area (Å²) in [6.07, 6.45) is 19.1. The first-order valence-corrected chi connectivity index (χ1v) is 14.2. The van der Waals surface area contributed by atoms with Crippen LogP contribution in [-0.2, 0) is 4.79 Å². The van der Waals surface area contributed by atoms with E-state index in [1.165, 1.54) is 83.5 Å². The molecule has 1 spiro atoms. The highest BCUT2D eigenvalue weighted by Gasteiger charge is 2.63. The zero-order chi connectivity index (χ0) is 22.0. The van der Waals surface area contributed by atoms with Gasteiger partial charge in [-0.3, -0.25) is 4.79 Å². The summed E-state index contributed by atoms with van der Waals surface area (Å²) in [6.45, 7) is 12.8. The van der Waals surface area contributed by atoms with E-state index in [1.54, 1.807) is 0 Å². The summed E-state index contributed by atoms with van der Waals surface area (Å²) >= 11 is 0. The molecule has 9 atom stereocenters. The zero-order valence-corrected chi connectivity index (χ0v) is 21.3. The number of carbonyl (C=O) groups is 1. The molecule has 0 radical (unpaired) electrons. The Morgan fingerprint density at radius 3 is 2.29 bits per heavy atom. The van der Waals surface area contributed by atoms with Crippen molar-refractivity contribution in [3.8, 4) is 0 Å². The number of hydrogen-bond acceptors (Lipinski definition) is 1. The maximum Gasteiger partial charge on any atom is 0.139 e. The average molecular weight is 427 g/mol. The summed E-state index contributed by atoms with van der Waals surface area (Å²) in [5.41, 5.74) is 1.29. The Bertz CT molecular complexity index is 695. The second-order valence-corrected chi connectivity index (χ2v) is 14.1. The fourth-order valence-electron chi connectivity index (χ4n) is 10.4. The molecule has 5 aliphatic carbocycles. The van der Waals surface area contributed by atoms with Crippen molar-refractivity contribution >= 4 is 5.78 Å². The molecule has 176 valence electrons. The van der Waals surface area contributed by atoms with Crippen LogP contribution in [0.5, 0.6) is 0 Å². The first-order chi connectivity index (χ1) is 14.7. The Morgan fingerprint density at radius 1 is 0.839 bits per heavy atom. The van der Waals surface area contributed by atoms with Gasteiger partial charge in [-0.15, -0.1) is 0 Å². The fraction of sp³-hybridized carbons (Fsp3) is 0.967. The van der Waals surface area contributed by atoms with Gasteiger partial charge in [-0.2, -0.15) is 0 Å². The van der Waals surface area contributed by atoms with Crippen LogP contribution in [0.25, 0.3) is 0 Å². The highest BCUT2D eigenvalue weighted by molar-refractivity contribution is 5.90. The molecule has 0 aromatic heterocycles. The number of ketones is 1. The quantitative estimate of drug-likeness (QED) is 0.431. The molecular weight excluding hydrogens is 376 g/mol. The van der Waals surface area contributed by atoms with Crippen LogP contribution in [0.15, 0.2) is 0 Å². The first-order valence-electron chi connectivity index (χ1n) is 14.2. The molecule has 0 aromatic rings. The van der Waals surface area contributed by atoms with Gasteiger partial charge in [-0.1, -0.05) is 53.9 Å². The van der Waals surface area contributed by atoms with E-state index in [2.05, 4.69) is 34.6 Å². The molecule has 0 N–H and O–H groups in total. The minimum Gasteiger partial charge on any atom is -0.299 e. The Kier molecular flexibility index (Phi) is 5.70. The molecule has 0 saturated heterocycles. The molecule has 5 saturated carbocycles. The van der Waals surface area contributed by atoms with Crippen LogP contribution in [0.2, 0.25) is 0 Å². The summed E-state index contributed by atoms with van der Waals surface area (Å²) < 4.78 is 0. The number of hydrogen-bond donors (Lipinski definition) is 0. The van der Waals surface area contributed by atoms with Gasteiger partial charge in [0.25, 0.3) is 0 Å². The number of Topliss-reactive ketones (excluding diaryl/α,β-unsaturated/α-hetero) is 1. The van der Waals surface area contributed by atoms with E-state index in [0.29, 0.717) is 16.6 Å². The molecule has 0 aliphatic heterocycles. The van der Waals surface area contributed by atoms with E-state index in [-0.39, 0.29) is 5.41 Å². The van der Waals surface area contributed by atoms with Gasteiger partial charge in [0, 0.05) is 11.8 Å². The lowest BCUT2D eigenvalue weighted by molar-refractivity contribution is -0.162. The van der Waals surface area contributed by atoms with E-state index in [1.807, 2.05) is 0 Å². The Morgan fingerprint density at radius 2 is 1.61 bits per heavy atom. The van der Waals surface area contributed by atoms with Crippen molar-refractivity contribution in [2.75, 3.05) is 0 Å². The maximum absolute atomic E-state index is 12.5. The Balaban J connectivity index is 1.29. The SMILES string of the molecule is CC(C)CCC[C@@H](C)[C@H]1CC[C@H]2[C@@H]3CCC4C[C@]5(CCC5=O)CC[C@]4(C)[C@H]3CC[C@]12C. The summed E-state index contributed by atoms with van der Waals surface area (Å²) in [7, 11) is 0. The third-order valence-electron chi connectivity index (χ3n) is 12.5. The van der Waals surface area contributed by atoms with Crippen molar-refractivity contribution in [1.29, 1.82) is 0 Å². The van der Waals surface area contributed by atoms with Gasteiger partial charge in [0.05, 0.1) is 0 Å². The van der Waals surface area contributed by atoms with Crippen LogP contribution in [0.3, 0.4) is 0 Å². The summed E-state index contributed by atoms with van der Waals surface area (Å²) in [6, 6.07) is 0. The molecule has 31 heavy (non-hydrogen) atoms. The van der Waals surface area contributed by atoms with Gasteiger partial charge < -0.3 is 0 Å². The fourth-order valence-corrected chi connectivity index (χ4v) is 10.4. The van der Waals surface area contributed by atoms with Crippen molar-refractivity contribution in [3.05, 3.63) is 0 Å². The first kappa shape index (κ1) is 22.5. The zero-order valence-electron chi connectivity index (χ0n) is 21.3. The summed E-state index contributed by atoms with van der Waals surface area (Å²) in [5, 5.41) is 0. The van der Waals surface area contributed by atoms with Crippen molar-refractivity contribution in [1.82, 2.24) is 0 Å². The predicted molar refractivity (Wildman–Crippen MR) is 130 cm³/mol. The molecule has 0 aromatic carbocycles. The molecule has 0 heterocycles. The molecule has 5 fully saturated rings. The van der Waals surface area contributed by atoms with Crippen LogP contribution < -0.4 is 0 Å². The average Bonchev–Trinajstić information content (AvgIpc) is 3.09. The van der Waals surface area contributed by atoms with Gasteiger partial charge in [0.1, 0.15) is 5.78 Å². The number of fused-ring (bicyclic) bond motifs is 5. The van der Waals surface area contributed by atoms with E-state index in [9.17, 15) is 4.79 Å². The number of carbonyl (C=O) groups excluding carboxylic acids is 1. The van der Waals surface area contributed by atoms with Crippen LogP contribution >= 0.6 is 0 Å². The lowest BCUT2D eigenvalue weighted by Crippen LogP contribution is -2.57. The van der Waals surface area contributed by atoms with Crippen LogP contribution in [-0.4, -0.2) is 5.78 Å². The van der Waals surface area contributed by atoms with Crippen LogP contribution in [0.4, 0.5) is 0 Å². The van der Waals surface area contributed by atoms with E-state index in [4.69, 9.17) is 0 Å². The normalized spacial score (nSPS) is 50.0. The summed E-state index contributed by atoms with van der Waals surface area (Å²) in [4.78, 5) is 12.5. The smallest absolute Gasteiger partial charge is 0.139 e. The lowest BCUT2D eigenvalue weighted by atomic mass is 9.41. The van der Waals surface area contributed by atoms with Crippen molar-refractivity contribution < 1.29 is 4.79 Å². The molecule has 0 amide bonds. The Labute approximate surface area is 192 Å². The van der Waals surface area contributed by atoms with Crippen molar-refractivity contribution in [2.45, 2.75) is 125 Å². The molecule has 5 rings (SSSR count). The molecule has 1 unspecified atom stereocenters. The molecule has 5 aliphatic rings. The van der Waals surface area contributed by atoms with Crippen LogP contribution in [0.1, 0.15) is 125 Å². The third kappa shape index (κ3) is 3.41. The minimum atomic E-state index is 0.143. The second-order valence-electron chi connectivity index (χ2n) is 14.1. The highest BCUT2D eigenvalue weighted by Crippen LogP contribution is 2.70. The Hall–Kier alpha value is -0.330. The molecular formula is C30H50O. The van der Waals surface area contributed by atoms with E-state index < -0.39 is 0 Å². The predicted octanol–water partition coefficient (Wildman–Crippen LogP) is 8.46. The van der Waals surface area contributed by atoms with Gasteiger partial charge in [-0.05, 0) is 116 Å². The standard InChI is InChI=1S/C30H50O/c1-20(2)7-6-8-21(3)24-11-12-25-23-10-9-22-19-30(16-14-27(30)31)18-17-28(22,4)26(23)13-15-29(24,25)5/h20-26H,6-19H2,1-5H3/t21-,22?,23+,24-,25+,26+,28+,29-,30+/m1/s1. The largest absolute Gasteiger partial charge is 0.299 e. The lowest BCUT2D eigenvalue weighted by Gasteiger charge is -2.63. The van der Waals surface area contributed by atoms with E-state index >= 15 is 0 Å². The second kappa shape index (κ2) is 7.87. The monoisotopic (exact) mass is 426 g/mol. The number of rotatable bonds is 5. The molecule has 0 bridgehead atoms. The minimum absolute atomic E-state index is 0.143. The van der Waals surface area contributed by atoms with Crippen molar-refractivity contribution in [2.24, 2.45) is 57.7 Å².